The van der Waals surface area contributed by atoms with E-state index in [0.717, 1.165) is 12.1 Å². The summed E-state index contributed by atoms with van der Waals surface area (Å²) < 4.78 is 23.6. The Hall–Kier alpha value is -1.32. The second-order valence-electron chi connectivity index (χ2n) is 3.82. The fraction of sp³-hybridized carbons (Fsp3) is 0.364. The molecule has 0 spiro atoms. The van der Waals surface area contributed by atoms with Crippen molar-refractivity contribution < 1.29 is 33.6 Å². The van der Waals surface area contributed by atoms with Crippen LogP contribution in [0, 0.1) is 0 Å². The van der Waals surface area contributed by atoms with Crippen molar-refractivity contribution in [2.75, 3.05) is 6.61 Å². The molecule has 0 aromatic heterocycles. The highest BCUT2D eigenvalue weighted by atomic mass is 32.2. The van der Waals surface area contributed by atoms with Crippen molar-refractivity contribution in [1.29, 1.82) is 0 Å². The Morgan fingerprint density at radius 1 is 1.11 bits per heavy atom. The third-order valence-corrected chi connectivity index (χ3v) is 4.13. The van der Waals surface area contributed by atoms with E-state index in [1.807, 2.05) is 0 Å². The molecule has 3 atom stereocenters. The average molecular weight is 290 g/mol. The number of hydrogen-bond donors (Lipinski definition) is 4. The minimum Gasteiger partial charge on any atom is -0.394 e. The van der Waals surface area contributed by atoms with Crippen molar-refractivity contribution in [1.82, 2.24) is 0 Å². The van der Waals surface area contributed by atoms with Crippen LogP contribution in [0.5, 0.6) is 0 Å². The molecule has 7 nitrogen and oxygen atoms in total. The smallest absolute Gasteiger partial charge is 0.282 e. The molecule has 4 N–H and O–H groups in total. The van der Waals surface area contributed by atoms with Crippen molar-refractivity contribution in [3.63, 3.8) is 0 Å². The molecule has 106 valence electrons. The van der Waals surface area contributed by atoms with Gasteiger partial charge in [-0.2, -0.15) is 0 Å². The van der Waals surface area contributed by atoms with Crippen LogP contribution in [-0.4, -0.2) is 58.9 Å². The van der Waals surface area contributed by atoms with Crippen LogP contribution in [-0.2, 0) is 14.6 Å². The van der Waals surface area contributed by atoms with Crippen molar-refractivity contribution in [3.05, 3.63) is 30.3 Å². The number of carbonyl (C=O) groups is 1. The fourth-order valence-electron chi connectivity index (χ4n) is 1.33. The predicted octanol–water partition coefficient (Wildman–Crippen LogP) is -1.94. The van der Waals surface area contributed by atoms with Crippen LogP contribution in [0.15, 0.2) is 35.2 Å². The Bertz CT molecular complexity index is 525. The lowest BCUT2D eigenvalue weighted by atomic mass is 10.1. The first-order valence-corrected chi connectivity index (χ1v) is 6.79. The molecule has 0 saturated carbocycles. The summed E-state index contributed by atoms with van der Waals surface area (Å²) >= 11 is 0. The van der Waals surface area contributed by atoms with Crippen molar-refractivity contribution in [3.8, 4) is 0 Å². The zero-order chi connectivity index (χ0) is 14.6. The third kappa shape index (κ3) is 3.37. The number of hydrogen-bond acceptors (Lipinski definition) is 7. The highest BCUT2D eigenvalue weighted by Crippen LogP contribution is 2.15. The van der Waals surface area contributed by atoms with Crippen LogP contribution in [0.1, 0.15) is 0 Å². The molecule has 0 aliphatic rings. The number of aliphatic hydroxyl groups excluding tert-OH is 4. The lowest BCUT2D eigenvalue weighted by Gasteiger charge is -2.20. The summed E-state index contributed by atoms with van der Waals surface area (Å²) in [5, 5.41) is 34.8. The van der Waals surface area contributed by atoms with Crippen molar-refractivity contribution in [2.24, 2.45) is 0 Å². The number of aliphatic hydroxyl groups is 4. The van der Waals surface area contributed by atoms with E-state index < -0.39 is 39.9 Å². The van der Waals surface area contributed by atoms with Gasteiger partial charge in [0.2, 0.25) is 9.84 Å². The molecule has 0 heterocycles. The molecule has 0 radical (unpaired) electrons. The van der Waals surface area contributed by atoms with E-state index in [-0.39, 0.29) is 4.90 Å². The van der Waals surface area contributed by atoms with Gasteiger partial charge in [-0.3, -0.25) is 4.79 Å². The first-order chi connectivity index (χ1) is 8.82. The van der Waals surface area contributed by atoms with E-state index in [0.29, 0.717) is 0 Å². The van der Waals surface area contributed by atoms with Gasteiger partial charge in [-0.15, -0.1) is 0 Å². The Kier molecular flexibility index (Phi) is 5.15. The Morgan fingerprint density at radius 2 is 1.63 bits per heavy atom. The molecule has 0 fully saturated rings. The van der Waals surface area contributed by atoms with Gasteiger partial charge in [0.15, 0.2) is 6.10 Å². The molecule has 1 rings (SSSR count). The Balaban J connectivity index is 3.00. The standard InChI is InChI=1S/C11H14O7S/c12-6-8(13)9(14)10(15)11(16)19(17,18)7-4-2-1-3-5-7/h1-5,8-10,12-15H,6H2. The quantitative estimate of drug-likeness (QED) is 0.496. The Morgan fingerprint density at radius 3 is 2.11 bits per heavy atom. The number of carbonyl (C=O) groups excluding carboxylic acids is 1. The summed E-state index contributed by atoms with van der Waals surface area (Å²) in [4.78, 5) is 11.3. The topological polar surface area (TPSA) is 132 Å². The maximum atomic E-state index is 11.8. The van der Waals surface area contributed by atoms with Crippen LogP contribution < -0.4 is 0 Å². The SMILES string of the molecule is O=C(C(O)C(O)C(O)CO)S(=O)(=O)c1ccccc1. The summed E-state index contributed by atoms with van der Waals surface area (Å²) in [5.74, 6) is 0. The molecule has 3 unspecified atom stereocenters. The van der Waals surface area contributed by atoms with E-state index in [1.165, 1.54) is 12.1 Å². The van der Waals surface area contributed by atoms with E-state index in [9.17, 15) is 23.4 Å². The molecule has 0 amide bonds. The maximum absolute atomic E-state index is 11.8. The third-order valence-electron chi connectivity index (χ3n) is 2.46. The van der Waals surface area contributed by atoms with Gasteiger partial charge in [0.25, 0.3) is 5.12 Å². The van der Waals surface area contributed by atoms with Gasteiger partial charge in [-0.1, -0.05) is 18.2 Å². The first kappa shape index (κ1) is 15.7. The minimum absolute atomic E-state index is 0.329. The van der Waals surface area contributed by atoms with E-state index >= 15 is 0 Å². The zero-order valence-corrected chi connectivity index (χ0v) is 10.6. The lowest BCUT2D eigenvalue weighted by molar-refractivity contribution is -0.132. The summed E-state index contributed by atoms with van der Waals surface area (Å²) in [7, 11) is -4.47. The van der Waals surface area contributed by atoms with E-state index in [1.54, 1.807) is 6.07 Å². The summed E-state index contributed by atoms with van der Waals surface area (Å²) in [6, 6.07) is 6.66. The fourth-order valence-corrected chi connectivity index (χ4v) is 2.54. The van der Waals surface area contributed by atoms with Crippen LogP contribution in [0.3, 0.4) is 0 Å². The van der Waals surface area contributed by atoms with Crippen LogP contribution >= 0.6 is 0 Å². The van der Waals surface area contributed by atoms with E-state index in [4.69, 9.17) is 10.2 Å². The predicted molar refractivity (Wildman–Crippen MR) is 63.7 cm³/mol. The van der Waals surface area contributed by atoms with Gasteiger partial charge in [0, 0.05) is 0 Å². The summed E-state index contributed by atoms with van der Waals surface area (Å²) in [5.41, 5.74) is 0. The largest absolute Gasteiger partial charge is 0.394 e. The van der Waals surface area contributed by atoms with Gasteiger partial charge in [0.05, 0.1) is 11.5 Å². The van der Waals surface area contributed by atoms with Crippen molar-refractivity contribution in [2.45, 2.75) is 23.2 Å². The summed E-state index contributed by atoms with van der Waals surface area (Å²) in [6.45, 7) is -0.920. The molecular formula is C11H14O7S. The molecule has 19 heavy (non-hydrogen) atoms. The highest BCUT2D eigenvalue weighted by molar-refractivity contribution is 8.06. The van der Waals surface area contributed by atoms with Crippen LogP contribution in [0.25, 0.3) is 0 Å². The molecule has 0 saturated heterocycles. The van der Waals surface area contributed by atoms with Crippen LogP contribution in [0.4, 0.5) is 0 Å². The lowest BCUT2D eigenvalue weighted by Crippen LogP contribution is -2.46. The zero-order valence-electron chi connectivity index (χ0n) is 9.75. The average Bonchev–Trinajstić information content (AvgIpc) is 2.44. The monoisotopic (exact) mass is 290 g/mol. The molecule has 0 bridgehead atoms. The normalized spacial score (nSPS) is 16.6. The first-order valence-electron chi connectivity index (χ1n) is 5.31. The number of benzene rings is 1. The van der Waals surface area contributed by atoms with Gasteiger partial charge in [0.1, 0.15) is 12.2 Å². The summed E-state index contributed by atoms with van der Waals surface area (Å²) in [6.07, 6.45) is -6.24. The number of rotatable bonds is 5. The van der Waals surface area contributed by atoms with Gasteiger partial charge in [-0.25, -0.2) is 8.42 Å². The second kappa shape index (κ2) is 6.22. The molecule has 1 aromatic rings. The molecular weight excluding hydrogens is 276 g/mol. The molecule has 8 heteroatoms. The highest BCUT2D eigenvalue weighted by Gasteiger charge is 2.38. The minimum atomic E-state index is -4.47. The maximum Gasteiger partial charge on any atom is 0.282 e. The van der Waals surface area contributed by atoms with E-state index in [2.05, 4.69) is 0 Å². The van der Waals surface area contributed by atoms with Crippen LogP contribution in [0.2, 0.25) is 0 Å². The van der Waals surface area contributed by atoms with Gasteiger partial charge < -0.3 is 20.4 Å². The van der Waals surface area contributed by atoms with Gasteiger partial charge in [-0.05, 0) is 12.1 Å². The molecule has 0 aliphatic heterocycles. The Labute approximate surface area is 109 Å². The number of sulfone groups is 1. The van der Waals surface area contributed by atoms with Crippen molar-refractivity contribution >= 4 is 15.0 Å². The molecule has 0 aliphatic carbocycles. The van der Waals surface area contributed by atoms with Gasteiger partial charge >= 0.3 is 0 Å². The second-order valence-corrected chi connectivity index (χ2v) is 5.70. The molecule has 1 aromatic carbocycles.